The monoisotopic (exact) mass is 360 g/mol. The number of benzene rings is 2. The Morgan fingerprint density at radius 1 is 1.20 bits per heavy atom. The zero-order chi connectivity index (χ0) is 18.4. The van der Waals surface area contributed by atoms with Crippen molar-refractivity contribution in [3.63, 3.8) is 0 Å². The van der Waals surface area contributed by atoms with Gasteiger partial charge in [0.05, 0.1) is 12.8 Å². The van der Waals surface area contributed by atoms with Gasteiger partial charge in [0.15, 0.2) is 0 Å². The third-order valence-corrected chi connectivity index (χ3v) is 4.02. The predicted octanol–water partition coefficient (Wildman–Crippen LogP) is 3.90. The van der Waals surface area contributed by atoms with E-state index in [9.17, 15) is 9.59 Å². The Hall–Kier alpha value is -2.53. The molecule has 2 aromatic rings. The Morgan fingerprint density at radius 3 is 2.56 bits per heavy atom. The molecule has 0 saturated heterocycles. The summed E-state index contributed by atoms with van der Waals surface area (Å²) in [7, 11) is 1.50. The number of rotatable bonds is 6. The number of anilines is 2. The topological polar surface area (TPSA) is 58.6 Å². The molecule has 0 atom stereocenters. The Morgan fingerprint density at radius 2 is 1.92 bits per heavy atom. The first-order chi connectivity index (χ1) is 12.0. The fourth-order valence-electron chi connectivity index (χ4n) is 2.52. The van der Waals surface area contributed by atoms with Gasteiger partial charge in [0, 0.05) is 17.6 Å². The van der Waals surface area contributed by atoms with E-state index in [1.165, 1.54) is 18.9 Å². The number of hydrogen-bond donors (Lipinski definition) is 1. The quantitative estimate of drug-likeness (QED) is 0.849. The molecule has 2 amide bonds. The van der Waals surface area contributed by atoms with Gasteiger partial charge in [-0.25, -0.2) is 0 Å². The highest BCUT2D eigenvalue weighted by Crippen LogP contribution is 2.31. The second-order valence-corrected chi connectivity index (χ2v) is 5.92. The second-order valence-electron chi connectivity index (χ2n) is 5.48. The van der Waals surface area contributed by atoms with E-state index in [2.05, 4.69) is 5.32 Å². The molecule has 0 radical (unpaired) electrons. The molecule has 0 heterocycles. The van der Waals surface area contributed by atoms with Crippen molar-refractivity contribution in [2.75, 3.05) is 23.9 Å². The van der Waals surface area contributed by atoms with Gasteiger partial charge < -0.3 is 10.1 Å². The van der Waals surface area contributed by atoms with E-state index in [4.69, 9.17) is 16.3 Å². The van der Waals surface area contributed by atoms with Gasteiger partial charge in [-0.1, -0.05) is 36.7 Å². The van der Waals surface area contributed by atoms with Crippen LogP contribution in [0.15, 0.2) is 42.5 Å². The summed E-state index contributed by atoms with van der Waals surface area (Å²) in [5.74, 6) is -0.0982. The van der Waals surface area contributed by atoms with Gasteiger partial charge in [0.1, 0.15) is 12.3 Å². The maximum Gasteiger partial charge on any atom is 0.244 e. The van der Waals surface area contributed by atoms with Gasteiger partial charge in [0.2, 0.25) is 11.8 Å². The molecule has 0 aliphatic heterocycles. The Labute approximate surface area is 152 Å². The fraction of sp³-hybridized carbons (Fsp3) is 0.263. The van der Waals surface area contributed by atoms with Crippen LogP contribution in [0, 0.1) is 0 Å². The van der Waals surface area contributed by atoms with Crippen molar-refractivity contribution in [3.05, 3.63) is 53.1 Å². The number of carbonyl (C=O) groups is 2. The van der Waals surface area contributed by atoms with Crippen LogP contribution in [0.1, 0.15) is 19.4 Å². The van der Waals surface area contributed by atoms with Crippen LogP contribution in [-0.4, -0.2) is 25.5 Å². The minimum atomic E-state index is -0.293. The van der Waals surface area contributed by atoms with Gasteiger partial charge in [-0.3, -0.25) is 14.5 Å². The smallest absolute Gasteiger partial charge is 0.244 e. The average Bonchev–Trinajstić information content (AvgIpc) is 2.60. The first-order valence-corrected chi connectivity index (χ1v) is 8.33. The van der Waals surface area contributed by atoms with Crippen molar-refractivity contribution in [3.8, 4) is 5.75 Å². The standard InChI is InChI=1S/C19H21ClN2O3/c1-4-14-7-5-6-8-16(14)21-19(24)12-22(13(2)23)17-11-15(20)9-10-18(17)25-3/h5-11H,4,12H2,1-3H3,(H,21,24). The number of aryl methyl sites for hydroxylation is 1. The number of carbonyl (C=O) groups excluding carboxylic acids is 2. The summed E-state index contributed by atoms with van der Waals surface area (Å²) in [6, 6.07) is 12.5. The zero-order valence-corrected chi connectivity index (χ0v) is 15.3. The molecule has 0 saturated carbocycles. The SMILES string of the molecule is CCc1ccccc1NC(=O)CN(C(C)=O)c1cc(Cl)ccc1OC. The molecule has 0 aliphatic rings. The molecule has 6 heteroatoms. The largest absolute Gasteiger partial charge is 0.495 e. The van der Waals surface area contributed by atoms with Gasteiger partial charge >= 0.3 is 0 Å². The lowest BCUT2D eigenvalue weighted by Crippen LogP contribution is -2.37. The van der Waals surface area contributed by atoms with E-state index < -0.39 is 0 Å². The Kier molecular flexibility index (Phi) is 6.42. The molecular weight excluding hydrogens is 340 g/mol. The molecule has 25 heavy (non-hydrogen) atoms. The second kappa shape index (κ2) is 8.53. The molecule has 0 bridgehead atoms. The molecule has 2 aromatic carbocycles. The lowest BCUT2D eigenvalue weighted by Gasteiger charge is -2.23. The molecule has 0 aliphatic carbocycles. The minimum absolute atomic E-state index is 0.135. The van der Waals surface area contributed by atoms with Crippen molar-refractivity contribution >= 4 is 34.8 Å². The number of para-hydroxylation sites is 1. The third kappa shape index (κ3) is 4.73. The maximum absolute atomic E-state index is 12.5. The Bertz CT molecular complexity index is 777. The number of halogens is 1. The van der Waals surface area contributed by atoms with E-state index in [-0.39, 0.29) is 18.4 Å². The molecule has 0 fully saturated rings. The minimum Gasteiger partial charge on any atom is -0.495 e. The van der Waals surface area contributed by atoms with Crippen molar-refractivity contribution in [1.29, 1.82) is 0 Å². The first kappa shape index (κ1) is 18.8. The number of amides is 2. The molecule has 0 spiro atoms. The number of hydrogen-bond acceptors (Lipinski definition) is 3. The van der Waals surface area contributed by atoms with Crippen LogP contribution >= 0.6 is 11.6 Å². The van der Waals surface area contributed by atoms with Gasteiger partial charge in [-0.15, -0.1) is 0 Å². The number of methoxy groups -OCH3 is 1. The average molecular weight is 361 g/mol. The summed E-state index contributed by atoms with van der Waals surface area (Å²) >= 11 is 6.03. The number of ether oxygens (including phenoxy) is 1. The van der Waals surface area contributed by atoms with Gasteiger partial charge in [0.25, 0.3) is 0 Å². The van der Waals surface area contributed by atoms with Crippen molar-refractivity contribution < 1.29 is 14.3 Å². The molecule has 0 unspecified atom stereocenters. The molecule has 5 nitrogen and oxygen atoms in total. The first-order valence-electron chi connectivity index (χ1n) is 7.95. The fourth-order valence-corrected chi connectivity index (χ4v) is 2.69. The highest BCUT2D eigenvalue weighted by molar-refractivity contribution is 6.31. The van der Waals surface area contributed by atoms with Crippen molar-refractivity contribution in [1.82, 2.24) is 0 Å². The molecule has 2 rings (SSSR count). The maximum atomic E-state index is 12.5. The molecule has 132 valence electrons. The van der Waals surface area contributed by atoms with Crippen LogP contribution in [-0.2, 0) is 16.0 Å². The van der Waals surface area contributed by atoms with E-state index in [0.29, 0.717) is 16.5 Å². The number of nitrogens with one attached hydrogen (secondary N) is 1. The predicted molar refractivity (Wildman–Crippen MR) is 100 cm³/mol. The lowest BCUT2D eigenvalue weighted by atomic mass is 10.1. The van der Waals surface area contributed by atoms with E-state index in [0.717, 1.165) is 17.7 Å². The normalized spacial score (nSPS) is 10.2. The third-order valence-electron chi connectivity index (χ3n) is 3.79. The van der Waals surface area contributed by atoms with Crippen LogP contribution in [0.5, 0.6) is 5.75 Å². The van der Waals surface area contributed by atoms with Crippen LogP contribution in [0.2, 0.25) is 5.02 Å². The summed E-state index contributed by atoms with van der Waals surface area (Å²) in [5, 5.41) is 3.32. The highest BCUT2D eigenvalue weighted by atomic mass is 35.5. The van der Waals surface area contributed by atoms with E-state index in [1.807, 2.05) is 31.2 Å². The zero-order valence-electron chi connectivity index (χ0n) is 14.5. The van der Waals surface area contributed by atoms with Crippen LogP contribution in [0.3, 0.4) is 0 Å². The number of nitrogens with zero attached hydrogens (tertiary/aromatic N) is 1. The summed E-state index contributed by atoms with van der Waals surface area (Å²) in [6.45, 7) is 3.28. The summed E-state index contributed by atoms with van der Waals surface area (Å²) < 4.78 is 5.28. The highest BCUT2D eigenvalue weighted by Gasteiger charge is 2.20. The van der Waals surface area contributed by atoms with Crippen LogP contribution in [0.25, 0.3) is 0 Å². The van der Waals surface area contributed by atoms with E-state index in [1.54, 1.807) is 18.2 Å². The lowest BCUT2D eigenvalue weighted by molar-refractivity contribution is -0.120. The van der Waals surface area contributed by atoms with Crippen LogP contribution in [0.4, 0.5) is 11.4 Å². The summed E-state index contributed by atoms with van der Waals surface area (Å²) in [6.07, 6.45) is 0.801. The Balaban J connectivity index is 2.24. The summed E-state index contributed by atoms with van der Waals surface area (Å²) in [5.41, 5.74) is 2.24. The molecule has 1 N–H and O–H groups in total. The molecular formula is C19H21ClN2O3. The van der Waals surface area contributed by atoms with Gasteiger partial charge in [-0.05, 0) is 36.2 Å². The van der Waals surface area contributed by atoms with Crippen molar-refractivity contribution in [2.45, 2.75) is 20.3 Å². The molecule has 0 aromatic heterocycles. The van der Waals surface area contributed by atoms with Gasteiger partial charge in [-0.2, -0.15) is 0 Å². The van der Waals surface area contributed by atoms with Crippen molar-refractivity contribution in [2.24, 2.45) is 0 Å². The summed E-state index contributed by atoms with van der Waals surface area (Å²) in [4.78, 5) is 25.9. The van der Waals surface area contributed by atoms with Crippen LogP contribution < -0.4 is 15.0 Å². The van der Waals surface area contributed by atoms with E-state index >= 15 is 0 Å².